The molecule has 0 bridgehead atoms. The van der Waals surface area contributed by atoms with Crippen molar-refractivity contribution in [2.45, 2.75) is 32.2 Å². The number of fused-ring (bicyclic) bond motifs is 2. The van der Waals surface area contributed by atoms with Crippen LogP contribution in [-0.2, 0) is 13.0 Å². The van der Waals surface area contributed by atoms with Crippen molar-refractivity contribution in [1.29, 1.82) is 0 Å². The predicted molar refractivity (Wildman–Crippen MR) is 112 cm³/mol. The number of hydrogen-bond acceptors (Lipinski definition) is 6. The van der Waals surface area contributed by atoms with Crippen molar-refractivity contribution in [2.75, 3.05) is 39.5 Å². The van der Waals surface area contributed by atoms with Crippen LogP contribution in [-0.4, -0.2) is 71.3 Å². The topological polar surface area (TPSA) is 99.8 Å². The molecule has 4 heterocycles. The molecule has 0 spiro atoms. The van der Waals surface area contributed by atoms with Gasteiger partial charge >= 0.3 is 0 Å². The number of benzene rings is 1. The highest BCUT2D eigenvalue weighted by Gasteiger charge is 2.29. The SMILES string of the molecule is O=C(NCCN1CCCCC1)c1n[nH]c2c1CN(C(=O)c1ccc3c(c1)OCO3)CC2. The van der Waals surface area contributed by atoms with Gasteiger partial charge < -0.3 is 24.6 Å². The number of ether oxygens (including phenoxy) is 2. The van der Waals surface area contributed by atoms with E-state index >= 15 is 0 Å². The van der Waals surface area contributed by atoms with Crippen LogP contribution in [0.1, 0.15) is 51.4 Å². The van der Waals surface area contributed by atoms with Gasteiger partial charge in [0.1, 0.15) is 0 Å². The van der Waals surface area contributed by atoms with E-state index in [1.54, 1.807) is 23.1 Å². The minimum atomic E-state index is -0.188. The van der Waals surface area contributed by atoms with Crippen molar-refractivity contribution >= 4 is 11.8 Å². The number of likely N-dealkylation sites (tertiary alicyclic amines) is 1. The zero-order valence-electron chi connectivity index (χ0n) is 17.5. The van der Waals surface area contributed by atoms with Crippen molar-refractivity contribution in [1.82, 2.24) is 25.3 Å². The first-order chi connectivity index (χ1) is 15.2. The Morgan fingerprint density at radius 1 is 1.10 bits per heavy atom. The Balaban J connectivity index is 1.23. The molecule has 3 aliphatic heterocycles. The summed E-state index contributed by atoms with van der Waals surface area (Å²) >= 11 is 0. The molecule has 31 heavy (non-hydrogen) atoms. The summed E-state index contributed by atoms with van der Waals surface area (Å²) in [6, 6.07) is 5.21. The van der Waals surface area contributed by atoms with Gasteiger partial charge in [-0.05, 0) is 44.1 Å². The number of carbonyl (C=O) groups excluding carboxylic acids is 2. The zero-order chi connectivity index (χ0) is 21.2. The molecule has 0 radical (unpaired) electrons. The van der Waals surface area contributed by atoms with Gasteiger partial charge in [0.05, 0.1) is 6.54 Å². The number of rotatable bonds is 5. The lowest BCUT2D eigenvalue weighted by atomic mass is 10.0. The van der Waals surface area contributed by atoms with Crippen LogP contribution in [0.15, 0.2) is 18.2 Å². The third-order valence-electron chi connectivity index (χ3n) is 6.22. The molecular formula is C22H27N5O4. The molecule has 164 valence electrons. The van der Waals surface area contributed by atoms with Crippen LogP contribution in [0.5, 0.6) is 11.5 Å². The molecule has 1 aromatic heterocycles. The fraction of sp³-hybridized carbons (Fsp3) is 0.500. The highest BCUT2D eigenvalue weighted by atomic mass is 16.7. The van der Waals surface area contributed by atoms with Gasteiger partial charge in [0.15, 0.2) is 17.2 Å². The van der Waals surface area contributed by atoms with Gasteiger partial charge in [-0.3, -0.25) is 14.7 Å². The van der Waals surface area contributed by atoms with E-state index in [0.29, 0.717) is 48.8 Å². The maximum absolute atomic E-state index is 13.1. The molecule has 0 unspecified atom stereocenters. The van der Waals surface area contributed by atoms with E-state index in [2.05, 4.69) is 20.4 Å². The third kappa shape index (κ3) is 4.10. The standard InChI is InChI=1S/C22H27N5O4/c28-21(23-7-11-26-8-2-1-3-9-26)20-16-13-27(10-6-17(16)24-25-20)22(29)15-4-5-18-19(12-15)31-14-30-18/h4-5,12H,1-3,6-11,13-14H2,(H,23,28)(H,24,25). The Kier molecular flexibility index (Phi) is 5.50. The summed E-state index contributed by atoms with van der Waals surface area (Å²) < 4.78 is 10.7. The Bertz CT molecular complexity index is 982. The highest BCUT2D eigenvalue weighted by Crippen LogP contribution is 2.33. The molecule has 3 aliphatic rings. The molecule has 0 atom stereocenters. The maximum Gasteiger partial charge on any atom is 0.272 e. The number of aromatic amines is 1. The van der Waals surface area contributed by atoms with Crippen molar-refractivity contribution in [3.8, 4) is 11.5 Å². The molecule has 5 rings (SSSR count). The first-order valence-electron chi connectivity index (χ1n) is 10.9. The lowest BCUT2D eigenvalue weighted by Gasteiger charge is -2.27. The maximum atomic E-state index is 13.1. The average molecular weight is 425 g/mol. The number of carbonyl (C=O) groups is 2. The van der Waals surface area contributed by atoms with E-state index in [0.717, 1.165) is 30.9 Å². The largest absolute Gasteiger partial charge is 0.454 e. The minimum Gasteiger partial charge on any atom is -0.454 e. The molecule has 9 nitrogen and oxygen atoms in total. The lowest BCUT2D eigenvalue weighted by Crippen LogP contribution is -2.39. The van der Waals surface area contributed by atoms with Gasteiger partial charge in [-0.15, -0.1) is 0 Å². The van der Waals surface area contributed by atoms with E-state index in [1.807, 2.05) is 0 Å². The van der Waals surface area contributed by atoms with Gasteiger partial charge in [-0.1, -0.05) is 6.42 Å². The van der Waals surface area contributed by atoms with Gasteiger partial charge in [0.25, 0.3) is 11.8 Å². The van der Waals surface area contributed by atoms with Crippen LogP contribution >= 0.6 is 0 Å². The van der Waals surface area contributed by atoms with Crippen molar-refractivity contribution in [2.24, 2.45) is 0 Å². The molecule has 2 amide bonds. The second kappa shape index (κ2) is 8.58. The summed E-state index contributed by atoms with van der Waals surface area (Å²) in [4.78, 5) is 29.9. The van der Waals surface area contributed by atoms with Crippen LogP contribution in [0.4, 0.5) is 0 Å². The van der Waals surface area contributed by atoms with Crippen molar-refractivity contribution in [3.05, 3.63) is 40.7 Å². The van der Waals surface area contributed by atoms with Gasteiger partial charge in [0.2, 0.25) is 6.79 Å². The molecular weight excluding hydrogens is 398 g/mol. The molecule has 2 N–H and O–H groups in total. The van der Waals surface area contributed by atoms with Crippen LogP contribution in [0.3, 0.4) is 0 Å². The quantitative estimate of drug-likeness (QED) is 0.754. The molecule has 1 saturated heterocycles. The van der Waals surface area contributed by atoms with E-state index in [1.165, 1.54) is 19.3 Å². The predicted octanol–water partition coefficient (Wildman–Crippen LogP) is 1.55. The molecule has 0 aliphatic carbocycles. The molecule has 2 aromatic rings. The van der Waals surface area contributed by atoms with Crippen LogP contribution in [0.2, 0.25) is 0 Å². The first-order valence-corrected chi connectivity index (χ1v) is 10.9. The van der Waals surface area contributed by atoms with Crippen molar-refractivity contribution in [3.63, 3.8) is 0 Å². The smallest absolute Gasteiger partial charge is 0.272 e. The van der Waals surface area contributed by atoms with E-state index in [9.17, 15) is 9.59 Å². The van der Waals surface area contributed by atoms with Gasteiger partial charge in [-0.2, -0.15) is 5.10 Å². The lowest BCUT2D eigenvalue weighted by molar-refractivity contribution is 0.0730. The number of aromatic nitrogens is 2. The summed E-state index contributed by atoms with van der Waals surface area (Å²) in [5.74, 6) is 0.949. The van der Waals surface area contributed by atoms with Crippen LogP contribution in [0, 0.1) is 0 Å². The number of H-pyrrole nitrogens is 1. The van der Waals surface area contributed by atoms with Crippen LogP contribution in [0.25, 0.3) is 0 Å². The Hall–Kier alpha value is -3.07. The number of amides is 2. The Morgan fingerprint density at radius 2 is 1.94 bits per heavy atom. The van der Waals surface area contributed by atoms with Crippen LogP contribution < -0.4 is 14.8 Å². The van der Waals surface area contributed by atoms with E-state index < -0.39 is 0 Å². The van der Waals surface area contributed by atoms with E-state index in [4.69, 9.17) is 9.47 Å². The second-order valence-corrected chi connectivity index (χ2v) is 8.23. The number of nitrogens with one attached hydrogen (secondary N) is 2. The summed E-state index contributed by atoms with van der Waals surface area (Å²) in [6.45, 7) is 4.75. The molecule has 1 fully saturated rings. The number of hydrogen-bond donors (Lipinski definition) is 2. The first kappa shape index (κ1) is 19.9. The fourth-order valence-corrected chi connectivity index (χ4v) is 4.46. The molecule has 1 aromatic carbocycles. The van der Waals surface area contributed by atoms with E-state index in [-0.39, 0.29) is 18.6 Å². The fourth-order valence-electron chi connectivity index (χ4n) is 4.46. The summed E-state index contributed by atoms with van der Waals surface area (Å²) in [7, 11) is 0. The highest BCUT2D eigenvalue weighted by molar-refractivity contribution is 5.96. The second-order valence-electron chi connectivity index (χ2n) is 8.23. The summed E-state index contributed by atoms with van der Waals surface area (Å²) in [5.41, 5.74) is 2.66. The molecule has 0 saturated carbocycles. The zero-order valence-corrected chi connectivity index (χ0v) is 17.5. The monoisotopic (exact) mass is 425 g/mol. The van der Waals surface area contributed by atoms with Gasteiger partial charge in [0, 0.05) is 42.9 Å². The van der Waals surface area contributed by atoms with Crippen molar-refractivity contribution < 1.29 is 19.1 Å². The number of piperidine rings is 1. The third-order valence-corrected chi connectivity index (χ3v) is 6.22. The Morgan fingerprint density at radius 3 is 2.81 bits per heavy atom. The summed E-state index contributed by atoms with van der Waals surface area (Å²) in [5, 5.41) is 10.2. The normalized spacial score (nSPS) is 18.0. The average Bonchev–Trinajstić information content (AvgIpc) is 3.45. The molecule has 9 heteroatoms. The summed E-state index contributed by atoms with van der Waals surface area (Å²) in [6.07, 6.45) is 4.39. The Labute approximate surface area is 180 Å². The van der Waals surface area contributed by atoms with Gasteiger partial charge in [-0.25, -0.2) is 0 Å². The number of nitrogens with zero attached hydrogens (tertiary/aromatic N) is 3. The minimum absolute atomic E-state index is 0.0957.